The van der Waals surface area contributed by atoms with E-state index < -0.39 is 11.7 Å². The first kappa shape index (κ1) is 14.2. The SMILES string of the molecule is CCC1CCCN1c1ccc(C(F)(F)F)cc1CN. The van der Waals surface area contributed by atoms with Crippen LogP contribution in [0.2, 0.25) is 0 Å². The average molecular weight is 272 g/mol. The second-order valence-electron chi connectivity index (χ2n) is 4.94. The first-order valence-corrected chi connectivity index (χ1v) is 6.64. The summed E-state index contributed by atoms with van der Waals surface area (Å²) in [5.74, 6) is 0. The Morgan fingerprint density at radius 3 is 2.68 bits per heavy atom. The zero-order chi connectivity index (χ0) is 14.0. The van der Waals surface area contributed by atoms with Crippen molar-refractivity contribution in [2.45, 2.75) is 44.9 Å². The molecular formula is C14H19F3N2. The first-order chi connectivity index (χ1) is 8.97. The van der Waals surface area contributed by atoms with Crippen LogP contribution in [0.4, 0.5) is 18.9 Å². The normalized spacial score (nSPS) is 20.1. The Hall–Kier alpha value is -1.23. The summed E-state index contributed by atoms with van der Waals surface area (Å²) in [6, 6.07) is 4.32. The lowest BCUT2D eigenvalue weighted by Crippen LogP contribution is -2.29. The molecule has 2 N–H and O–H groups in total. The Morgan fingerprint density at radius 2 is 2.11 bits per heavy atom. The Kier molecular flexibility index (Phi) is 4.04. The molecule has 0 aliphatic carbocycles. The van der Waals surface area contributed by atoms with Gasteiger partial charge in [-0.25, -0.2) is 0 Å². The van der Waals surface area contributed by atoms with Gasteiger partial charge in [-0.05, 0) is 43.0 Å². The molecule has 0 saturated carbocycles. The molecule has 1 fully saturated rings. The van der Waals surface area contributed by atoms with Crippen molar-refractivity contribution in [2.75, 3.05) is 11.4 Å². The number of hydrogen-bond donors (Lipinski definition) is 1. The number of nitrogens with zero attached hydrogens (tertiary/aromatic N) is 1. The fourth-order valence-electron chi connectivity index (χ4n) is 2.78. The summed E-state index contributed by atoms with van der Waals surface area (Å²) in [7, 11) is 0. The van der Waals surface area contributed by atoms with E-state index in [2.05, 4.69) is 11.8 Å². The van der Waals surface area contributed by atoms with Crippen molar-refractivity contribution in [2.24, 2.45) is 5.73 Å². The van der Waals surface area contributed by atoms with Gasteiger partial charge < -0.3 is 10.6 Å². The zero-order valence-electron chi connectivity index (χ0n) is 11.0. The van der Waals surface area contributed by atoms with E-state index in [1.165, 1.54) is 6.07 Å². The van der Waals surface area contributed by atoms with E-state index in [0.29, 0.717) is 11.6 Å². The zero-order valence-corrected chi connectivity index (χ0v) is 11.0. The lowest BCUT2D eigenvalue weighted by molar-refractivity contribution is -0.137. The van der Waals surface area contributed by atoms with E-state index in [4.69, 9.17) is 5.73 Å². The van der Waals surface area contributed by atoms with Crippen LogP contribution in [-0.4, -0.2) is 12.6 Å². The summed E-state index contributed by atoms with van der Waals surface area (Å²) in [6.07, 6.45) is -1.12. The highest BCUT2D eigenvalue weighted by molar-refractivity contribution is 5.57. The Balaban J connectivity index is 2.36. The molecule has 0 spiro atoms. The summed E-state index contributed by atoms with van der Waals surface area (Å²) in [6.45, 7) is 3.14. The second kappa shape index (κ2) is 5.41. The van der Waals surface area contributed by atoms with Gasteiger partial charge >= 0.3 is 6.18 Å². The molecule has 0 amide bonds. The van der Waals surface area contributed by atoms with Gasteiger partial charge in [0.1, 0.15) is 0 Å². The van der Waals surface area contributed by atoms with E-state index in [1.807, 2.05) is 0 Å². The third-order valence-corrected chi connectivity index (χ3v) is 3.78. The van der Waals surface area contributed by atoms with Gasteiger partial charge in [0.05, 0.1) is 5.56 Å². The number of alkyl halides is 3. The van der Waals surface area contributed by atoms with E-state index in [0.717, 1.165) is 37.6 Å². The van der Waals surface area contributed by atoms with E-state index in [-0.39, 0.29) is 6.54 Å². The second-order valence-corrected chi connectivity index (χ2v) is 4.94. The van der Waals surface area contributed by atoms with Crippen LogP contribution < -0.4 is 10.6 Å². The smallest absolute Gasteiger partial charge is 0.368 e. The highest BCUT2D eigenvalue weighted by Gasteiger charge is 2.32. The third kappa shape index (κ3) is 2.86. The Morgan fingerprint density at radius 1 is 1.37 bits per heavy atom. The van der Waals surface area contributed by atoms with Crippen molar-refractivity contribution in [1.82, 2.24) is 0 Å². The number of hydrogen-bond acceptors (Lipinski definition) is 2. The van der Waals surface area contributed by atoms with Crippen molar-refractivity contribution < 1.29 is 13.2 Å². The molecule has 1 atom stereocenters. The molecule has 1 aromatic rings. The monoisotopic (exact) mass is 272 g/mol. The molecule has 1 aliphatic heterocycles. The minimum absolute atomic E-state index is 0.131. The van der Waals surface area contributed by atoms with Gasteiger partial charge in [0.25, 0.3) is 0 Å². The molecule has 0 aromatic heterocycles. The standard InChI is InChI=1S/C14H19F3N2/c1-2-12-4-3-7-19(12)13-6-5-11(14(15,16)17)8-10(13)9-18/h5-6,8,12H,2-4,7,9,18H2,1H3. The molecule has 1 aromatic carbocycles. The van der Waals surface area contributed by atoms with E-state index >= 15 is 0 Å². The molecule has 106 valence electrons. The van der Waals surface area contributed by atoms with Gasteiger partial charge in [0.15, 0.2) is 0 Å². The summed E-state index contributed by atoms with van der Waals surface area (Å²) >= 11 is 0. The number of halogens is 3. The molecule has 2 rings (SSSR count). The van der Waals surface area contributed by atoms with Gasteiger partial charge in [-0.3, -0.25) is 0 Å². The Labute approximate surface area is 111 Å². The van der Waals surface area contributed by atoms with Crippen LogP contribution in [0, 0.1) is 0 Å². The molecular weight excluding hydrogens is 253 g/mol. The lowest BCUT2D eigenvalue weighted by Gasteiger charge is -2.28. The van der Waals surface area contributed by atoms with Crippen molar-refractivity contribution >= 4 is 5.69 Å². The summed E-state index contributed by atoms with van der Waals surface area (Å²) in [4.78, 5) is 2.20. The van der Waals surface area contributed by atoms with Gasteiger partial charge in [0.2, 0.25) is 0 Å². The summed E-state index contributed by atoms with van der Waals surface area (Å²) < 4.78 is 38.1. The van der Waals surface area contributed by atoms with Crippen molar-refractivity contribution in [3.8, 4) is 0 Å². The third-order valence-electron chi connectivity index (χ3n) is 3.78. The molecule has 19 heavy (non-hydrogen) atoms. The van der Waals surface area contributed by atoms with Crippen LogP contribution in [0.15, 0.2) is 18.2 Å². The number of benzene rings is 1. The van der Waals surface area contributed by atoms with Gasteiger partial charge in [-0.15, -0.1) is 0 Å². The largest absolute Gasteiger partial charge is 0.416 e. The molecule has 0 radical (unpaired) electrons. The van der Waals surface area contributed by atoms with E-state index in [9.17, 15) is 13.2 Å². The van der Waals surface area contributed by atoms with Gasteiger partial charge in [0, 0.05) is 24.8 Å². The molecule has 2 nitrogen and oxygen atoms in total. The molecule has 5 heteroatoms. The predicted octanol–water partition coefficient (Wildman–Crippen LogP) is 3.54. The number of anilines is 1. The molecule has 1 unspecified atom stereocenters. The summed E-state index contributed by atoms with van der Waals surface area (Å²) in [5, 5.41) is 0. The molecule has 1 aliphatic rings. The van der Waals surface area contributed by atoms with Crippen molar-refractivity contribution in [3.63, 3.8) is 0 Å². The minimum Gasteiger partial charge on any atom is -0.368 e. The van der Waals surface area contributed by atoms with Crippen molar-refractivity contribution in [3.05, 3.63) is 29.3 Å². The van der Waals surface area contributed by atoms with Gasteiger partial charge in [-0.1, -0.05) is 6.92 Å². The van der Waals surface area contributed by atoms with Crippen LogP contribution in [0.5, 0.6) is 0 Å². The van der Waals surface area contributed by atoms with E-state index in [1.54, 1.807) is 6.07 Å². The van der Waals surface area contributed by atoms with Crippen LogP contribution in [-0.2, 0) is 12.7 Å². The first-order valence-electron chi connectivity index (χ1n) is 6.64. The maximum Gasteiger partial charge on any atom is 0.416 e. The lowest BCUT2D eigenvalue weighted by atomic mass is 10.1. The fourth-order valence-corrected chi connectivity index (χ4v) is 2.78. The number of rotatable bonds is 3. The topological polar surface area (TPSA) is 29.3 Å². The average Bonchev–Trinajstić information content (AvgIpc) is 2.84. The van der Waals surface area contributed by atoms with Gasteiger partial charge in [-0.2, -0.15) is 13.2 Å². The van der Waals surface area contributed by atoms with Crippen LogP contribution in [0.1, 0.15) is 37.3 Å². The van der Waals surface area contributed by atoms with Crippen LogP contribution in [0.3, 0.4) is 0 Å². The van der Waals surface area contributed by atoms with Crippen LogP contribution >= 0.6 is 0 Å². The highest BCUT2D eigenvalue weighted by Crippen LogP contribution is 2.35. The predicted molar refractivity (Wildman–Crippen MR) is 70.0 cm³/mol. The quantitative estimate of drug-likeness (QED) is 0.912. The molecule has 1 heterocycles. The maximum absolute atomic E-state index is 12.7. The van der Waals surface area contributed by atoms with Crippen LogP contribution in [0.25, 0.3) is 0 Å². The fraction of sp³-hybridized carbons (Fsp3) is 0.571. The minimum atomic E-state index is -4.31. The number of nitrogens with two attached hydrogens (primary N) is 1. The molecule has 0 bridgehead atoms. The molecule has 1 saturated heterocycles. The maximum atomic E-state index is 12.7. The van der Waals surface area contributed by atoms with Crippen molar-refractivity contribution in [1.29, 1.82) is 0 Å². The highest BCUT2D eigenvalue weighted by atomic mass is 19.4. The Bertz CT molecular complexity index is 443. The summed E-state index contributed by atoms with van der Waals surface area (Å²) in [5.41, 5.74) is 6.44.